The quantitative estimate of drug-likeness (QED) is 0.527. The van der Waals surface area contributed by atoms with Gasteiger partial charge in [0.25, 0.3) is 0 Å². The number of hydrogen-bond donors (Lipinski definition) is 4. The van der Waals surface area contributed by atoms with Gasteiger partial charge in [0.15, 0.2) is 0 Å². The smallest absolute Gasteiger partial charge is 0.320 e. The van der Waals surface area contributed by atoms with Crippen LogP contribution in [0.3, 0.4) is 0 Å². The number of hydrogen-bond acceptors (Lipinski definition) is 5. The van der Waals surface area contributed by atoms with Crippen LogP contribution in [0.1, 0.15) is 12.5 Å². The third-order valence-corrected chi connectivity index (χ3v) is 4.01. The molecule has 0 saturated heterocycles. The molecule has 8 heteroatoms. The number of aliphatic carboxylic acids is 1. The van der Waals surface area contributed by atoms with Crippen molar-refractivity contribution in [3.05, 3.63) is 29.8 Å². The van der Waals surface area contributed by atoms with Crippen molar-refractivity contribution >= 4 is 16.0 Å². The van der Waals surface area contributed by atoms with E-state index in [4.69, 9.17) is 15.9 Å². The molecule has 0 aliphatic heterocycles. The van der Waals surface area contributed by atoms with Crippen LogP contribution in [0.15, 0.2) is 29.2 Å². The van der Waals surface area contributed by atoms with Gasteiger partial charge < -0.3 is 15.9 Å². The number of nitrogens with two attached hydrogens (primary N) is 1. The maximum Gasteiger partial charge on any atom is 0.320 e. The van der Waals surface area contributed by atoms with Gasteiger partial charge in [0.05, 0.1) is 11.0 Å². The maximum atomic E-state index is 11.8. The van der Waals surface area contributed by atoms with Crippen molar-refractivity contribution < 1.29 is 23.4 Å². The van der Waals surface area contributed by atoms with Crippen molar-refractivity contribution in [1.82, 2.24) is 4.72 Å². The molecular formula is C12H18N2O5S. The lowest BCUT2D eigenvalue weighted by atomic mass is 10.1. The number of aliphatic hydroxyl groups is 1. The van der Waals surface area contributed by atoms with Crippen LogP contribution in [0.5, 0.6) is 0 Å². The molecule has 2 unspecified atom stereocenters. The lowest BCUT2D eigenvalue weighted by Crippen LogP contribution is -2.32. The van der Waals surface area contributed by atoms with E-state index in [0.29, 0.717) is 5.56 Å². The summed E-state index contributed by atoms with van der Waals surface area (Å²) in [6.45, 7) is 1.40. The maximum absolute atomic E-state index is 11.8. The first-order valence-electron chi connectivity index (χ1n) is 5.97. The van der Waals surface area contributed by atoms with Gasteiger partial charge in [-0.25, -0.2) is 13.1 Å². The summed E-state index contributed by atoms with van der Waals surface area (Å²) in [5.74, 6) is -1.11. The van der Waals surface area contributed by atoms with E-state index in [0.717, 1.165) is 0 Å². The first-order valence-corrected chi connectivity index (χ1v) is 7.46. The fraction of sp³-hybridized carbons (Fsp3) is 0.417. The number of nitrogens with one attached hydrogen (secondary N) is 1. The molecule has 0 radical (unpaired) electrons. The summed E-state index contributed by atoms with van der Waals surface area (Å²) in [7, 11) is -3.67. The van der Waals surface area contributed by atoms with Crippen molar-refractivity contribution in [3.8, 4) is 0 Å². The van der Waals surface area contributed by atoms with E-state index >= 15 is 0 Å². The molecule has 0 aromatic heterocycles. The Morgan fingerprint density at radius 1 is 1.35 bits per heavy atom. The van der Waals surface area contributed by atoms with Gasteiger partial charge in [-0.15, -0.1) is 0 Å². The predicted octanol–water partition coefficient (Wildman–Crippen LogP) is -0.700. The van der Waals surface area contributed by atoms with Crippen molar-refractivity contribution in [2.45, 2.75) is 30.4 Å². The molecule has 0 bridgehead atoms. The summed E-state index contributed by atoms with van der Waals surface area (Å²) < 4.78 is 25.9. The molecule has 1 rings (SSSR count). The number of carboxylic acids is 1. The van der Waals surface area contributed by atoms with Crippen molar-refractivity contribution in [2.24, 2.45) is 5.73 Å². The first kappa shape index (κ1) is 16.6. The topological polar surface area (TPSA) is 130 Å². The lowest BCUT2D eigenvalue weighted by Gasteiger charge is -2.10. The zero-order valence-electron chi connectivity index (χ0n) is 11.0. The van der Waals surface area contributed by atoms with Crippen LogP contribution in [0, 0.1) is 0 Å². The minimum atomic E-state index is -3.67. The highest BCUT2D eigenvalue weighted by molar-refractivity contribution is 7.89. The Bertz CT molecular complexity index is 554. The average Bonchev–Trinajstić information content (AvgIpc) is 2.37. The Hall–Kier alpha value is -1.48. The highest BCUT2D eigenvalue weighted by Gasteiger charge is 2.16. The summed E-state index contributed by atoms with van der Waals surface area (Å²) in [4.78, 5) is 10.7. The summed E-state index contributed by atoms with van der Waals surface area (Å²) in [5.41, 5.74) is 6.03. The van der Waals surface area contributed by atoms with E-state index in [9.17, 15) is 13.2 Å². The highest BCUT2D eigenvalue weighted by atomic mass is 32.2. The molecule has 0 aliphatic carbocycles. The fourth-order valence-corrected chi connectivity index (χ4v) is 2.58. The second kappa shape index (κ2) is 6.80. The molecule has 0 spiro atoms. The highest BCUT2D eigenvalue weighted by Crippen LogP contribution is 2.11. The second-order valence-electron chi connectivity index (χ2n) is 4.49. The normalized spacial score (nSPS) is 14.8. The summed E-state index contributed by atoms with van der Waals surface area (Å²) >= 11 is 0. The molecule has 7 nitrogen and oxygen atoms in total. The van der Waals surface area contributed by atoms with Crippen molar-refractivity contribution in [1.29, 1.82) is 0 Å². The number of sulfonamides is 1. The van der Waals surface area contributed by atoms with Gasteiger partial charge in [0.1, 0.15) is 6.04 Å². The van der Waals surface area contributed by atoms with Crippen LogP contribution in [-0.4, -0.2) is 43.3 Å². The van der Waals surface area contributed by atoms with E-state index in [1.54, 1.807) is 0 Å². The number of carbonyl (C=O) groups is 1. The van der Waals surface area contributed by atoms with Crippen LogP contribution in [0.4, 0.5) is 0 Å². The minimum absolute atomic E-state index is 0.0470. The number of benzene rings is 1. The Labute approximate surface area is 117 Å². The van der Waals surface area contributed by atoms with Crippen LogP contribution < -0.4 is 10.5 Å². The van der Waals surface area contributed by atoms with Crippen molar-refractivity contribution in [3.63, 3.8) is 0 Å². The van der Waals surface area contributed by atoms with Crippen molar-refractivity contribution in [2.75, 3.05) is 6.54 Å². The molecule has 2 atom stereocenters. The largest absolute Gasteiger partial charge is 0.480 e. The van der Waals surface area contributed by atoms with Gasteiger partial charge in [-0.3, -0.25) is 4.79 Å². The standard InChI is InChI=1S/C12H18N2O5S/c1-8(15)7-14-20(18,19)10-4-2-9(3-5-10)6-11(13)12(16)17/h2-5,8,11,14-15H,6-7,13H2,1H3,(H,16,17). The molecule has 0 aliphatic rings. The monoisotopic (exact) mass is 302 g/mol. The fourth-order valence-electron chi connectivity index (χ4n) is 1.46. The molecule has 0 fully saturated rings. The third kappa shape index (κ3) is 4.89. The lowest BCUT2D eigenvalue weighted by molar-refractivity contribution is -0.138. The Kier molecular flexibility index (Phi) is 5.63. The van der Waals surface area contributed by atoms with Gasteiger partial charge in [-0.2, -0.15) is 0 Å². The molecule has 20 heavy (non-hydrogen) atoms. The van der Waals surface area contributed by atoms with Gasteiger partial charge in [0.2, 0.25) is 10.0 Å². The molecule has 0 amide bonds. The third-order valence-electron chi connectivity index (χ3n) is 2.58. The SMILES string of the molecule is CC(O)CNS(=O)(=O)c1ccc(CC(N)C(=O)O)cc1. The van der Waals surface area contributed by atoms with Gasteiger partial charge in [-0.1, -0.05) is 12.1 Å². The molecule has 0 saturated carbocycles. The molecule has 0 heterocycles. The minimum Gasteiger partial charge on any atom is -0.480 e. The Morgan fingerprint density at radius 2 is 1.90 bits per heavy atom. The molecule has 1 aromatic rings. The number of aliphatic hydroxyl groups excluding tert-OH is 1. The zero-order chi connectivity index (χ0) is 15.3. The summed E-state index contributed by atoms with van der Waals surface area (Å²) in [6.07, 6.45) is -0.658. The number of carboxylic acid groups (broad SMARTS) is 1. The van der Waals surface area contributed by atoms with E-state index in [-0.39, 0.29) is 17.9 Å². The average molecular weight is 302 g/mol. The van der Waals surface area contributed by atoms with Gasteiger partial charge in [0, 0.05) is 6.54 Å². The van der Waals surface area contributed by atoms with Gasteiger partial charge >= 0.3 is 5.97 Å². The Morgan fingerprint density at radius 3 is 2.35 bits per heavy atom. The summed E-state index contributed by atoms with van der Waals surface area (Å²) in [5, 5.41) is 17.8. The Balaban J connectivity index is 2.78. The first-order chi connectivity index (χ1) is 9.22. The molecule has 1 aromatic carbocycles. The molecule has 112 valence electrons. The van der Waals surface area contributed by atoms with Crippen LogP contribution in [0.25, 0.3) is 0 Å². The zero-order valence-corrected chi connectivity index (χ0v) is 11.8. The van der Waals surface area contributed by atoms with E-state index in [2.05, 4.69) is 4.72 Å². The van der Waals surface area contributed by atoms with E-state index < -0.39 is 28.1 Å². The predicted molar refractivity (Wildman–Crippen MR) is 72.6 cm³/mol. The van der Waals surface area contributed by atoms with E-state index in [1.807, 2.05) is 0 Å². The van der Waals surface area contributed by atoms with Gasteiger partial charge in [-0.05, 0) is 31.0 Å². The number of rotatable bonds is 7. The second-order valence-corrected chi connectivity index (χ2v) is 6.26. The van der Waals surface area contributed by atoms with E-state index in [1.165, 1.54) is 31.2 Å². The van der Waals surface area contributed by atoms with Crippen LogP contribution in [0.2, 0.25) is 0 Å². The van der Waals surface area contributed by atoms with Crippen LogP contribution >= 0.6 is 0 Å². The van der Waals surface area contributed by atoms with Crippen LogP contribution in [-0.2, 0) is 21.2 Å². The molecule has 5 N–H and O–H groups in total. The summed E-state index contributed by atoms with van der Waals surface area (Å²) in [6, 6.07) is 4.74. The molecular weight excluding hydrogens is 284 g/mol.